The fourth-order valence-electron chi connectivity index (χ4n) is 1.76. The molecule has 1 rings (SSSR count). The van der Waals surface area contributed by atoms with Crippen LogP contribution in [0.25, 0.3) is 0 Å². The highest BCUT2D eigenvalue weighted by atomic mass is 79.9. The summed E-state index contributed by atoms with van der Waals surface area (Å²) < 4.78 is 37.4. The Hall–Kier alpha value is -0.990. The maximum atomic E-state index is 13.1. The minimum Gasteiger partial charge on any atom is -0.352 e. The van der Waals surface area contributed by atoms with E-state index in [0.29, 0.717) is 31.6 Å². The van der Waals surface area contributed by atoms with E-state index in [4.69, 9.17) is 0 Å². The number of carbonyl (C=O) groups excluding carboxylic acids is 1. The third-order valence-corrected chi connectivity index (χ3v) is 4.86. The average Bonchev–Trinajstić information content (AvgIpc) is 2.40. The van der Waals surface area contributed by atoms with Crippen LogP contribution >= 0.6 is 15.9 Å². The van der Waals surface area contributed by atoms with Gasteiger partial charge in [-0.05, 0) is 40.5 Å². The Morgan fingerprint density at radius 3 is 2.62 bits per heavy atom. The summed E-state index contributed by atoms with van der Waals surface area (Å²) in [7, 11) is -3.21. The Balaban J connectivity index is 2.45. The van der Waals surface area contributed by atoms with E-state index < -0.39 is 15.8 Å². The van der Waals surface area contributed by atoms with Crippen LogP contribution in [0.5, 0.6) is 0 Å². The monoisotopic (exact) mass is 380 g/mol. The summed E-state index contributed by atoms with van der Waals surface area (Å²) in [6.07, 6.45) is 1.67. The van der Waals surface area contributed by atoms with E-state index in [2.05, 4.69) is 21.2 Å². The predicted molar refractivity (Wildman–Crippen MR) is 83.1 cm³/mol. The molecule has 1 amide bonds. The SMILES string of the molecule is CCN(CCCNC(=O)c1ccc(F)c(Br)c1)S(C)(=O)=O. The lowest BCUT2D eigenvalue weighted by atomic mass is 10.2. The molecule has 0 bridgehead atoms. The lowest BCUT2D eigenvalue weighted by Crippen LogP contribution is -2.33. The number of benzene rings is 1. The minimum absolute atomic E-state index is 0.226. The number of hydrogen-bond acceptors (Lipinski definition) is 3. The maximum Gasteiger partial charge on any atom is 0.251 e. The van der Waals surface area contributed by atoms with Crippen LogP contribution in [-0.2, 0) is 10.0 Å². The number of sulfonamides is 1. The molecule has 0 aromatic heterocycles. The first-order valence-electron chi connectivity index (χ1n) is 6.44. The molecule has 1 aromatic rings. The normalized spacial score (nSPS) is 11.7. The molecule has 0 radical (unpaired) electrons. The Morgan fingerprint density at radius 1 is 1.43 bits per heavy atom. The molecule has 1 N–H and O–H groups in total. The van der Waals surface area contributed by atoms with Gasteiger partial charge in [-0.15, -0.1) is 0 Å². The number of carbonyl (C=O) groups is 1. The quantitative estimate of drug-likeness (QED) is 0.735. The van der Waals surface area contributed by atoms with Crippen molar-refractivity contribution in [3.05, 3.63) is 34.1 Å². The zero-order valence-corrected chi connectivity index (χ0v) is 14.3. The highest BCUT2D eigenvalue weighted by Crippen LogP contribution is 2.16. The fourth-order valence-corrected chi connectivity index (χ4v) is 3.06. The Kier molecular flexibility index (Phi) is 6.76. The van der Waals surface area contributed by atoms with Crippen molar-refractivity contribution < 1.29 is 17.6 Å². The first-order chi connectivity index (χ1) is 9.75. The van der Waals surface area contributed by atoms with Gasteiger partial charge in [0, 0.05) is 25.2 Å². The van der Waals surface area contributed by atoms with Crippen LogP contribution in [0.3, 0.4) is 0 Å². The molecule has 8 heteroatoms. The summed E-state index contributed by atoms with van der Waals surface area (Å²) >= 11 is 3.02. The second kappa shape index (κ2) is 7.86. The van der Waals surface area contributed by atoms with Gasteiger partial charge in [-0.25, -0.2) is 17.1 Å². The standard InChI is InChI=1S/C13H18BrFN2O3S/c1-3-17(21(2,19)20)8-4-7-16-13(18)10-5-6-12(15)11(14)9-10/h5-6,9H,3-4,7-8H2,1-2H3,(H,16,18). The molecule has 0 spiro atoms. The van der Waals surface area contributed by atoms with Crippen molar-refractivity contribution in [2.45, 2.75) is 13.3 Å². The van der Waals surface area contributed by atoms with Gasteiger partial charge in [0.2, 0.25) is 10.0 Å². The molecular formula is C13H18BrFN2O3S. The molecule has 118 valence electrons. The largest absolute Gasteiger partial charge is 0.352 e. The van der Waals surface area contributed by atoms with Gasteiger partial charge in [0.1, 0.15) is 5.82 Å². The molecule has 0 aliphatic heterocycles. The Bertz CT molecular complexity index is 607. The smallest absolute Gasteiger partial charge is 0.251 e. The summed E-state index contributed by atoms with van der Waals surface area (Å²) in [5.74, 6) is -0.753. The van der Waals surface area contributed by atoms with Crippen LogP contribution in [0.15, 0.2) is 22.7 Å². The van der Waals surface area contributed by atoms with Crippen LogP contribution in [0.4, 0.5) is 4.39 Å². The molecular weight excluding hydrogens is 363 g/mol. The van der Waals surface area contributed by atoms with Crippen LogP contribution in [-0.4, -0.2) is 44.5 Å². The Morgan fingerprint density at radius 2 is 2.10 bits per heavy atom. The first-order valence-corrected chi connectivity index (χ1v) is 9.08. The second-order valence-electron chi connectivity index (χ2n) is 4.49. The number of halogens is 2. The molecule has 0 aliphatic carbocycles. The summed E-state index contributed by atoms with van der Waals surface area (Å²) in [4.78, 5) is 11.8. The van der Waals surface area contributed by atoms with Crippen molar-refractivity contribution in [1.82, 2.24) is 9.62 Å². The molecule has 0 atom stereocenters. The van der Waals surface area contributed by atoms with Crippen molar-refractivity contribution >= 4 is 31.9 Å². The van der Waals surface area contributed by atoms with Crippen LogP contribution in [0.2, 0.25) is 0 Å². The summed E-state index contributed by atoms with van der Waals surface area (Å²) in [6, 6.07) is 4.01. The summed E-state index contributed by atoms with van der Waals surface area (Å²) in [6.45, 7) is 2.86. The lowest BCUT2D eigenvalue weighted by Gasteiger charge is -2.17. The highest BCUT2D eigenvalue weighted by molar-refractivity contribution is 9.10. The zero-order valence-electron chi connectivity index (χ0n) is 11.9. The number of amides is 1. The van der Waals surface area contributed by atoms with Crippen molar-refractivity contribution in [2.24, 2.45) is 0 Å². The predicted octanol–water partition coefficient (Wildman–Crippen LogP) is 1.99. The second-order valence-corrected chi connectivity index (χ2v) is 7.33. The maximum absolute atomic E-state index is 13.1. The van der Waals surface area contributed by atoms with E-state index in [1.54, 1.807) is 6.92 Å². The van der Waals surface area contributed by atoms with Gasteiger partial charge in [0.05, 0.1) is 10.7 Å². The summed E-state index contributed by atoms with van der Waals surface area (Å²) in [5, 5.41) is 2.67. The van der Waals surface area contributed by atoms with Crippen LogP contribution in [0.1, 0.15) is 23.7 Å². The number of nitrogens with zero attached hydrogens (tertiary/aromatic N) is 1. The highest BCUT2D eigenvalue weighted by Gasteiger charge is 2.13. The van der Waals surface area contributed by atoms with E-state index in [0.717, 1.165) is 6.26 Å². The molecule has 0 saturated heterocycles. The van der Waals surface area contributed by atoms with Gasteiger partial charge < -0.3 is 5.32 Å². The third kappa shape index (κ3) is 5.72. The van der Waals surface area contributed by atoms with Gasteiger partial charge in [0.25, 0.3) is 5.91 Å². The van der Waals surface area contributed by atoms with Crippen molar-refractivity contribution in [3.8, 4) is 0 Å². The van der Waals surface area contributed by atoms with Crippen molar-refractivity contribution in [3.63, 3.8) is 0 Å². The van der Waals surface area contributed by atoms with Gasteiger partial charge in [0.15, 0.2) is 0 Å². The van der Waals surface area contributed by atoms with Crippen molar-refractivity contribution in [1.29, 1.82) is 0 Å². The minimum atomic E-state index is -3.21. The Labute approximate surface area is 132 Å². The lowest BCUT2D eigenvalue weighted by molar-refractivity contribution is 0.0952. The van der Waals surface area contributed by atoms with E-state index >= 15 is 0 Å². The van der Waals surface area contributed by atoms with Gasteiger partial charge in [-0.2, -0.15) is 0 Å². The number of nitrogens with one attached hydrogen (secondary N) is 1. The van der Waals surface area contributed by atoms with Gasteiger partial charge in [-0.1, -0.05) is 6.92 Å². The van der Waals surface area contributed by atoms with Crippen LogP contribution < -0.4 is 5.32 Å². The fraction of sp³-hybridized carbons (Fsp3) is 0.462. The summed E-state index contributed by atoms with van der Waals surface area (Å²) in [5.41, 5.74) is 0.346. The molecule has 1 aromatic carbocycles. The number of hydrogen-bond donors (Lipinski definition) is 1. The molecule has 0 fully saturated rings. The zero-order chi connectivity index (χ0) is 16.0. The molecule has 5 nitrogen and oxygen atoms in total. The topological polar surface area (TPSA) is 66.5 Å². The molecule has 0 aliphatic rings. The van der Waals surface area contributed by atoms with E-state index in [-0.39, 0.29) is 10.4 Å². The van der Waals surface area contributed by atoms with E-state index in [1.807, 2.05) is 0 Å². The molecule has 0 saturated carbocycles. The molecule has 21 heavy (non-hydrogen) atoms. The number of rotatable bonds is 7. The molecule has 0 heterocycles. The van der Waals surface area contributed by atoms with E-state index in [1.165, 1.54) is 22.5 Å². The average molecular weight is 381 g/mol. The van der Waals surface area contributed by atoms with Crippen LogP contribution in [0, 0.1) is 5.82 Å². The van der Waals surface area contributed by atoms with Gasteiger partial charge in [-0.3, -0.25) is 4.79 Å². The van der Waals surface area contributed by atoms with E-state index in [9.17, 15) is 17.6 Å². The van der Waals surface area contributed by atoms with Gasteiger partial charge >= 0.3 is 0 Å². The van der Waals surface area contributed by atoms with Crippen molar-refractivity contribution in [2.75, 3.05) is 25.9 Å². The molecule has 0 unspecified atom stereocenters. The first kappa shape index (κ1) is 18.1. The third-order valence-electron chi connectivity index (χ3n) is 2.87.